The third-order valence-corrected chi connectivity index (χ3v) is 4.35. The molecule has 1 aromatic rings. The van der Waals surface area contributed by atoms with E-state index in [1.807, 2.05) is 0 Å². The highest BCUT2D eigenvalue weighted by Crippen LogP contribution is 2.31. The predicted molar refractivity (Wildman–Crippen MR) is 70.3 cm³/mol. The first-order valence-corrected chi connectivity index (χ1v) is 6.63. The van der Waals surface area contributed by atoms with Crippen molar-refractivity contribution in [1.29, 1.82) is 0 Å². The second kappa shape index (κ2) is 4.96. The minimum absolute atomic E-state index is 0.253. The molecule has 0 saturated heterocycles. The zero-order chi connectivity index (χ0) is 12.5. The topological polar surface area (TPSA) is 49.3 Å². The summed E-state index contributed by atoms with van der Waals surface area (Å²) in [5.41, 5.74) is -0.294. The van der Waals surface area contributed by atoms with Gasteiger partial charge in [-0.05, 0) is 47.3 Å². The van der Waals surface area contributed by atoms with Crippen LogP contribution in [0.3, 0.4) is 0 Å². The summed E-state index contributed by atoms with van der Waals surface area (Å²) in [6.07, 6.45) is 2.52. The Morgan fingerprint density at radius 3 is 2.82 bits per heavy atom. The van der Waals surface area contributed by atoms with Gasteiger partial charge in [0.05, 0.1) is 16.2 Å². The van der Waals surface area contributed by atoms with Gasteiger partial charge in [-0.25, -0.2) is 0 Å². The summed E-state index contributed by atoms with van der Waals surface area (Å²) in [5.74, 6) is -0.253. The largest absolute Gasteiger partial charge is 0.388 e. The van der Waals surface area contributed by atoms with E-state index in [9.17, 15) is 9.90 Å². The molecule has 0 aliphatic heterocycles. The molecule has 0 heterocycles. The summed E-state index contributed by atoms with van der Waals surface area (Å²) in [6.45, 7) is 0.286. The predicted octanol–water partition coefficient (Wildman–Crippen LogP) is 2.75. The minimum atomic E-state index is -0.714. The first-order valence-electron chi connectivity index (χ1n) is 5.46. The monoisotopic (exact) mass is 317 g/mol. The van der Waals surface area contributed by atoms with Gasteiger partial charge in [-0.2, -0.15) is 0 Å². The van der Waals surface area contributed by atoms with Gasteiger partial charge in [0.2, 0.25) is 0 Å². The number of hydrogen-bond donors (Lipinski definition) is 2. The lowest BCUT2D eigenvalue weighted by Crippen LogP contribution is -2.47. The van der Waals surface area contributed by atoms with Gasteiger partial charge in [-0.1, -0.05) is 17.7 Å². The number of aliphatic hydroxyl groups is 1. The highest BCUT2D eigenvalue weighted by molar-refractivity contribution is 9.10. The smallest absolute Gasteiger partial charge is 0.252 e. The van der Waals surface area contributed by atoms with Crippen LogP contribution >= 0.6 is 27.5 Å². The maximum Gasteiger partial charge on any atom is 0.252 e. The molecule has 0 unspecified atom stereocenters. The van der Waals surface area contributed by atoms with Crippen molar-refractivity contribution in [3.8, 4) is 0 Å². The third kappa shape index (κ3) is 2.81. The van der Waals surface area contributed by atoms with Crippen molar-refractivity contribution in [3.05, 3.63) is 33.3 Å². The fourth-order valence-corrected chi connectivity index (χ4v) is 2.36. The average Bonchev–Trinajstić information content (AvgIpc) is 2.27. The molecule has 1 amide bonds. The van der Waals surface area contributed by atoms with Crippen molar-refractivity contribution in [2.24, 2.45) is 0 Å². The molecule has 1 aromatic carbocycles. The van der Waals surface area contributed by atoms with E-state index >= 15 is 0 Å². The summed E-state index contributed by atoms with van der Waals surface area (Å²) in [4.78, 5) is 11.9. The number of carbonyl (C=O) groups is 1. The minimum Gasteiger partial charge on any atom is -0.388 e. The Hall–Kier alpha value is -0.580. The number of rotatable bonds is 3. The number of benzene rings is 1. The summed E-state index contributed by atoms with van der Waals surface area (Å²) in [7, 11) is 0. The van der Waals surface area contributed by atoms with Gasteiger partial charge in [0, 0.05) is 11.0 Å². The standard InChI is InChI=1S/C12H13BrClNO2/c13-9-4-1-3-8(10(9)14)11(16)15-7-12(17)5-2-6-12/h1,3-4,17H,2,5-7H2,(H,15,16). The van der Waals surface area contributed by atoms with Crippen molar-refractivity contribution in [3.63, 3.8) is 0 Å². The van der Waals surface area contributed by atoms with E-state index < -0.39 is 5.60 Å². The molecule has 1 saturated carbocycles. The Bertz CT molecular complexity index is 446. The number of hydrogen-bond acceptors (Lipinski definition) is 2. The highest BCUT2D eigenvalue weighted by atomic mass is 79.9. The first kappa shape index (κ1) is 12.9. The van der Waals surface area contributed by atoms with Crippen LogP contribution < -0.4 is 5.32 Å². The van der Waals surface area contributed by atoms with Crippen molar-refractivity contribution < 1.29 is 9.90 Å². The molecule has 1 aliphatic carbocycles. The van der Waals surface area contributed by atoms with E-state index in [1.165, 1.54) is 0 Å². The first-order chi connectivity index (χ1) is 8.02. The highest BCUT2D eigenvalue weighted by Gasteiger charge is 2.34. The zero-order valence-corrected chi connectivity index (χ0v) is 11.5. The molecule has 0 aromatic heterocycles. The zero-order valence-electron chi connectivity index (χ0n) is 9.17. The molecule has 5 heteroatoms. The van der Waals surface area contributed by atoms with Crippen LogP contribution in [0.1, 0.15) is 29.6 Å². The number of halogens is 2. The van der Waals surface area contributed by atoms with Gasteiger partial charge in [0.25, 0.3) is 5.91 Å². The summed E-state index contributed by atoms with van der Waals surface area (Å²) in [6, 6.07) is 5.19. The molecule has 1 fully saturated rings. The molecule has 0 radical (unpaired) electrons. The van der Waals surface area contributed by atoms with Gasteiger partial charge in [-0.15, -0.1) is 0 Å². The Morgan fingerprint density at radius 2 is 2.24 bits per heavy atom. The van der Waals surface area contributed by atoms with Crippen LogP contribution in [-0.4, -0.2) is 23.2 Å². The van der Waals surface area contributed by atoms with Crippen LogP contribution in [0.2, 0.25) is 5.02 Å². The summed E-state index contributed by atoms with van der Waals surface area (Å²) < 4.78 is 0.689. The molecule has 2 N–H and O–H groups in total. The quantitative estimate of drug-likeness (QED) is 0.900. The molecular weight excluding hydrogens is 305 g/mol. The molecule has 3 nitrogen and oxygen atoms in total. The SMILES string of the molecule is O=C(NCC1(O)CCC1)c1cccc(Br)c1Cl. The molecule has 1 aliphatic rings. The van der Waals surface area contributed by atoms with Crippen molar-refractivity contribution >= 4 is 33.4 Å². The van der Waals surface area contributed by atoms with Gasteiger partial charge < -0.3 is 10.4 Å². The average molecular weight is 319 g/mol. The van der Waals surface area contributed by atoms with Gasteiger partial charge in [0.15, 0.2) is 0 Å². The third-order valence-electron chi connectivity index (χ3n) is 3.06. The number of nitrogens with one attached hydrogen (secondary N) is 1. The molecule has 0 atom stereocenters. The van der Waals surface area contributed by atoms with Crippen LogP contribution in [0.25, 0.3) is 0 Å². The van der Waals surface area contributed by atoms with E-state index in [4.69, 9.17) is 11.6 Å². The Morgan fingerprint density at radius 1 is 1.53 bits per heavy atom. The van der Waals surface area contributed by atoms with Crippen molar-refractivity contribution in [2.75, 3.05) is 6.54 Å². The summed E-state index contributed by atoms with van der Waals surface area (Å²) in [5, 5.41) is 13.0. The normalized spacial score (nSPS) is 17.4. The molecule has 0 bridgehead atoms. The van der Waals surface area contributed by atoms with Crippen LogP contribution in [0, 0.1) is 0 Å². The second-order valence-electron chi connectivity index (χ2n) is 4.36. The van der Waals surface area contributed by atoms with Crippen LogP contribution in [-0.2, 0) is 0 Å². The Labute approximate surface area is 113 Å². The second-order valence-corrected chi connectivity index (χ2v) is 5.59. The maximum atomic E-state index is 11.9. The van der Waals surface area contributed by atoms with Crippen molar-refractivity contribution in [2.45, 2.75) is 24.9 Å². The van der Waals surface area contributed by atoms with E-state index in [0.29, 0.717) is 15.1 Å². The molecule has 2 rings (SSSR count). The Kier molecular flexibility index (Phi) is 3.76. The van der Waals surface area contributed by atoms with Gasteiger partial charge in [0.1, 0.15) is 0 Å². The molecule has 92 valence electrons. The van der Waals surface area contributed by atoms with E-state index in [2.05, 4.69) is 21.2 Å². The molecule has 0 spiro atoms. The fraction of sp³-hybridized carbons (Fsp3) is 0.417. The Balaban J connectivity index is 2.02. The lowest BCUT2D eigenvalue weighted by Gasteiger charge is -2.36. The van der Waals surface area contributed by atoms with E-state index in [-0.39, 0.29) is 12.5 Å². The molecular formula is C12H13BrClNO2. The number of amides is 1. The lowest BCUT2D eigenvalue weighted by molar-refractivity contribution is -0.0300. The number of carbonyl (C=O) groups excluding carboxylic acids is 1. The van der Waals surface area contributed by atoms with E-state index in [0.717, 1.165) is 19.3 Å². The van der Waals surface area contributed by atoms with E-state index in [1.54, 1.807) is 18.2 Å². The van der Waals surface area contributed by atoms with Crippen molar-refractivity contribution in [1.82, 2.24) is 5.32 Å². The lowest BCUT2D eigenvalue weighted by atomic mass is 9.80. The fourth-order valence-electron chi connectivity index (χ4n) is 1.78. The van der Waals surface area contributed by atoms with Gasteiger partial charge >= 0.3 is 0 Å². The van der Waals surface area contributed by atoms with Gasteiger partial charge in [-0.3, -0.25) is 4.79 Å². The maximum absolute atomic E-state index is 11.9. The van der Waals surface area contributed by atoms with Crippen LogP contribution in [0.5, 0.6) is 0 Å². The summed E-state index contributed by atoms with van der Waals surface area (Å²) >= 11 is 9.28. The van der Waals surface area contributed by atoms with Crippen LogP contribution in [0.4, 0.5) is 0 Å². The van der Waals surface area contributed by atoms with Crippen LogP contribution in [0.15, 0.2) is 22.7 Å². The molecule has 17 heavy (non-hydrogen) atoms.